The van der Waals surface area contributed by atoms with Crippen molar-refractivity contribution in [3.8, 4) is 0 Å². The average Bonchev–Trinajstić information content (AvgIpc) is 2.91. The molecule has 4 rings (SSSR count). The number of fused-ring (bicyclic) bond motifs is 5. The molecule has 32 heavy (non-hydrogen) atoms. The predicted molar refractivity (Wildman–Crippen MR) is 106 cm³/mol. The number of hydrogen-bond acceptors (Lipinski definition) is 6. The molecule has 0 aromatic carbocycles. The third-order valence-corrected chi connectivity index (χ3v) is 8.94. The van der Waals surface area contributed by atoms with Crippen LogP contribution in [0.15, 0.2) is 23.8 Å². The number of aliphatic hydroxyl groups excluding tert-OH is 1. The number of allylic oxidation sites excluding steroid dienone is 4. The molecule has 166 valence electrons. The second-order valence-corrected chi connectivity index (χ2v) is 11.0. The smallest absolute Gasteiger partial charge is 0.393 e. The van der Waals surface area contributed by atoms with E-state index in [4.69, 9.17) is 9.79 Å². The van der Waals surface area contributed by atoms with Crippen molar-refractivity contribution < 1.29 is 97.8 Å². The van der Waals surface area contributed by atoms with Crippen molar-refractivity contribution in [2.24, 2.45) is 28.6 Å². The number of hydrogen-bond donors (Lipinski definition) is 4. The Balaban J connectivity index is 0.00000181. The zero-order chi connectivity index (χ0) is 22.1. The molecule has 0 heterocycles. The largest absolute Gasteiger partial charge is 1.00 e. The Hall–Kier alpha value is 0.850. The Morgan fingerprint density at radius 1 is 1.25 bits per heavy atom. The van der Waals surface area contributed by atoms with Crippen molar-refractivity contribution in [1.82, 2.24) is 0 Å². The van der Waals surface area contributed by atoms with Crippen LogP contribution in [0.3, 0.4) is 0 Å². The molecule has 8 nitrogen and oxygen atoms in total. The topological polar surface area (TPSA) is 141 Å². The molecule has 4 aliphatic carbocycles. The fraction of sp³-hybridized carbons (Fsp3) is 0.714. The zero-order valence-electron chi connectivity index (χ0n) is 19.2. The summed E-state index contributed by atoms with van der Waals surface area (Å²) in [6, 6.07) is 0. The standard InChI is InChI=1S/C21H29O8P.2Na/c1-19-7-5-13(22)9-12(19)3-4-14-15-6-8-21(25,17(24)11-29-30(26,27)28)20(15,2)10-16(23)18(14)19;;/h5,7,9,14-16,18,23,25H,3-4,6,8,10-11H2,1-2H3,(H2,26,27,28);;/q;2*+1/t14-,15-,16-,18+,19-,20-,21-;;/m0../s1. The number of ketones is 2. The molecule has 0 saturated heterocycles. The first-order valence-corrected chi connectivity index (χ1v) is 11.9. The summed E-state index contributed by atoms with van der Waals surface area (Å²) in [5.74, 6) is -0.888. The van der Waals surface area contributed by atoms with Gasteiger partial charge in [-0.05, 0) is 56.1 Å². The minimum atomic E-state index is -4.84. The van der Waals surface area contributed by atoms with Crippen LogP contribution in [-0.2, 0) is 18.7 Å². The van der Waals surface area contributed by atoms with Gasteiger partial charge in [0.2, 0.25) is 0 Å². The molecular weight excluding hydrogens is 457 g/mol. The Bertz CT molecular complexity index is 900. The molecule has 0 radical (unpaired) electrons. The molecule has 0 aromatic rings. The number of phosphoric acid groups is 1. The molecule has 4 aliphatic rings. The Kier molecular flexibility index (Phi) is 8.83. The van der Waals surface area contributed by atoms with E-state index >= 15 is 0 Å². The van der Waals surface area contributed by atoms with Gasteiger partial charge in [0.05, 0.1) is 6.10 Å². The van der Waals surface area contributed by atoms with Gasteiger partial charge in [0.15, 0.2) is 11.6 Å². The Labute approximate surface area is 232 Å². The molecule has 0 aliphatic heterocycles. The van der Waals surface area contributed by atoms with Crippen molar-refractivity contribution in [3.05, 3.63) is 23.8 Å². The number of rotatable bonds is 4. The first-order valence-electron chi connectivity index (χ1n) is 10.4. The van der Waals surface area contributed by atoms with E-state index in [1.54, 1.807) is 19.1 Å². The second kappa shape index (κ2) is 9.72. The predicted octanol–water partition coefficient (Wildman–Crippen LogP) is -4.32. The van der Waals surface area contributed by atoms with E-state index in [0.29, 0.717) is 6.42 Å². The van der Waals surface area contributed by atoms with Crippen molar-refractivity contribution in [1.29, 1.82) is 0 Å². The minimum absolute atomic E-state index is 0. The maximum Gasteiger partial charge on any atom is 1.00 e. The zero-order valence-corrected chi connectivity index (χ0v) is 24.0. The maximum atomic E-state index is 12.8. The van der Waals surface area contributed by atoms with Crippen LogP contribution in [0.25, 0.3) is 0 Å². The molecule has 4 N–H and O–H groups in total. The number of aliphatic hydroxyl groups is 2. The van der Waals surface area contributed by atoms with Crippen LogP contribution in [-0.4, -0.2) is 49.9 Å². The van der Waals surface area contributed by atoms with Crippen LogP contribution < -0.4 is 59.1 Å². The van der Waals surface area contributed by atoms with Crippen LogP contribution in [0.1, 0.15) is 46.0 Å². The quantitative estimate of drug-likeness (QED) is 0.231. The Morgan fingerprint density at radius 3 is 2.53 bits per heavy atom. The van der Waals surface area contributed by atoms with Gasteiger partial charge >= 0.3 is 66.9 Å². The number of phosphoric ester groups is 1. The summed E-state index contributed by atoms with van der Waals surface area (Å²) >= 11 is 0. The number of carbonyl (C=O) groups is 2. The first kappa shape index (κ1) is 29.1. The number of carbonyl (C=O) groups excluding carboxylic acids is 2. The van der Waals surface area contributed by atoms with Crippen LogP contribution in [0.2, 0.25) is 0 Å². The monoisotopic (exact) mass is 486 g/mol. The van der Waals surface area contributed by atoms with Gasteiger partial charge < -0.3 is 20.0 Å². The van der Waals surface area contributed by atoms with E-state index in [-0.39, 0.29) is 95.5 Å². The molecular formula is C21H29Na2O8P+2. The molecule has 0 amide bonds. The van der Waals surface area contributed by atoms with E-state index in [0.717, 1.165) is 18.4 Å². The van der Waals surface area contributed by atoms with E-state index in [1.807, 2.05) is 13.0 Å². The van der Waals surface area contributed by atoms with Gasteiger partial charge in [0.1, 0.15) is 12.2 Å². The van der Waals surface area contributed by atoms with E-state index < -0.39 is 42.7 Å². The van der Waals surface area contributed by atoms with Crippen molar-refractivity contribution >= 4 is 19.4 Å². The molecule has 3 fully saturated rings. The molecule has 3 saturated carbocycles. The normalized spacial score (nSPS) is 42.6. The number of Topliss-reactive ketones (excluding diaryl/α,β-unsaturated/α-hetero) is 1. The summed E-state index contributed by atoms with van der Waals surface area (Å²) < 4.78 is 15.4. The Morgan fingerprint density at radius 2 is 1.91 bits per heavy atom. The summed E-state index contributed by atoms with van der Waals surface area (Å²) in [7, 11) is -4.84. The average molecular weight is 486 g/mol. The fourth-order valence-electron chi connectivity index (χ4n) is 7.05. The van der Waals surface area contributed by atoms with Crippen LogP contribution in [0, 0.1) is 28.6 Å². The maximum absolute atomic E-state index is 12.8. The molecule has 0 unspecified atom stereocenters. The SMILES string of the molecule is C[C@]12C=CC(=O)C=C1CC[C@@H]1[C@@H]2[C@@H](O)C[C@@]2(C)[C@H]1CC[C@]2(O)C(=O)COP(=O)(O)O.[Na+].[Na+]. The summed E-state index contributed by atoms with van der Waals surface area (Å²) in [5, 5.41) is 22.6. The van der Waals surface area contributed by atoms with Gasteiger partial charge in [-0.3, -0.25) is 14.1 Å². The molecule has 0 aromatic heterocycles. The molecule has 0 spiro atoms. The van der Waals surface area contributed by atoms with Gasteiger partial charge in [0, 0.05) is 16.7 Å². The van der Waals surface area contributed by atoms with Gasteiger partial charge in [-0.2, -0.15) is 0 Å². The van der Waals surface area contributed by atoms with Crippen LogP contribution in [0.5, 0.6) is 0 Å². The second-order valence-electron chi connectivity index (χ2n) is 9.80. The van der Waals surface area contributed by atoms with Crippen molar-refractivity contribution in [2.75, 3.05) is 6.61 Å². The van der Waals surface area contributed by atoms with Crippen LogP contribution >= 0.6 is 7.82 Å². The molecule has 0 bridgehead atoms. The van der Waals surface area contributed by atoms with Crippen molar-refractivity contribution in [3.63, 3.8) is 0 Å². The first-order chi connectivity index (χ1) is 13.8. The van der Waals surface area contributed by atoms with E-state index in [9.17, 15) is 24.4 Å². The summed E-state index contributed by atoms with van der Waals surface area (Å²) in [5.41, 5.74) is -2.15. The van der Waals surface area contributed by atoms with Gasteiger partial charge in [-0.1, -0.05) is 25.5 Å². The summed E-state index contributed by atoms with van der Waals surface area (Å²) in [4.78, 5) is 42.5. The molecule has 11 heteroatoms. The fourth-order valence-corrected chi connectivity index (χ4v) is 7.34. The van der Waals surface area contributed by atoms with Crippen LogP contribution in [0.4, 0.5) is 0 Å². The summed E-state index contributed by atoms with van der Waals surface area (Å²) in [6.45, 7) is 2.97. The van der Waals surface area contributed by atoms with E-state index in [1.165, 1.54) is 0 Å². The van der Waals surface area contributed by atoms with Crippen molar-refractivity contribution in [2.45, 2.75) is 57.7 Å². The summed E-state index contributed by atoms with van der Waals surface area (Å²) in [6.07, 6.45) is 6.76. The molecule has 7 atom stereocenters. The minimum Gasteiger partial charge on any atom is -0.393 e. The van der Waals surface area contributed by atoms with Gasteiger partial charge in [-0.25, -0.2) is 4.57 Å². The van der Waals surface area contributed by atoms with Gasteiger partial charge in [0.25, 0.3) is 0 Å². The van der Waals surface area contributed by atoms with Gasteiger partial charge in [-0.15, -0.1) is 0 Å². The third-order valence-electron chi connectivity index (χ3n) is 8.47. The van der Waals surface area contributed by atoms with E-state index in [2.05, 4.69) is 4.52 Å². The third kappa shape index (κ3) is 4.54.